The van der Waals surface area contributed by atoms with Gasteiger partial charge in [-0.2, -0.15) is 0 Å². The van der Waals surface area contributed by atoms with Gasteiger partial charge in [-0.25, -0.2) is 0 Å². The van der Waals surface area contributed by atoms with E-state index in [1.165, 1.54) is 25.7 Å². The lowest BCUT2D eigenvalue weighted by Crippen LogP contribution is -2.29. The van der Waals surface area contributed by atoms with Crippen LogP contribution in [0.1, 0.15) is 32.1 Å². The third-order valence-corrected chi connectivity index (χ3v) is 3.48. The first kappa shape index (κ1) is 13.4. The molecule has 1 aliphatic carbocycles. The highest BCUT2D eigenvalue weighted by Crippen LogP contribution is 2.17. The van der Waals surface area contributed by atoms with Crippen LogP contribution in [0.5, 0.6) is 0 Å². The maximum Gasteiger partial charge on any atom is 0.225 e. The van der Waals surface area contributed by atoms with E-state index in [-0.39, 0.29) is 5.91 Å². The van der Waals surface area contributed by atoms with Crippen molar-refractivity contribution in [2.45, 2.75) is 38.1 Å². The lowest BCUT2D eigenvalue weighted by molar-refractivity contribution is -0.116. The number of hydrogen-bond acceptors (Lipinski definition) is 2. The Morgan fingerprint density at radius 2 is 2.11 bits per heavy atom. The van der Waals surface area contributed by atoms with Gasteiger partial charge in [-0.3, -0.25) is 4.79 Å². The summed E-state index contributed by atoms with van der Waals surface area (Å²) in [7, 11) is 0. The highest BCUT2D eigenvalue weighted by molar-refractivity contribution is 6.30. The first-order valence-corrected chi connectivity index (χ1v) is 6.90. The molecule has 1 saturated carbocycles. The molecule has 0 radical (unpaired) electrons. The molecular formula is C14H19ClN2O. The van der Waals surface area contributed by atoms with Gasteiger partial charge in [-0.1, -0.05) is 30.5 Å². The van der Waals surface area contributed by atoms with Gasteiger partial charge in [-0.15, -0.1) is 0 Å². The Morgan fingerprint density at radius 3 is 2.83 bits per heavy atom. The number of carbonyl (C=O) groups excluding carboxylic acids is 1. The highest BCUT2D eigenvalue weighted by atomic mass is 35.5. The molecule has 2 rings (SSSR count). The van der Waals surface area contributed by atoms with E-state index >= 15 is 0 Å². The fraction of sp³-hybridized carbons (Fsp3) is 0.500. The third-order valence-electron chi connectivity index (χ3n) is 3.25. The average Bonchev–Trinajstić information content (AvgIpc) is 2.82. The lowest BCUT2D eigenvalue weighted by atomic mass is 10.2. The van der Waals surface area contributed by atoms with Gasteiger partial charge in [0, 0.05) is 29.7 Å². The van der Waals surface area contributed by atoms with Crippen LogP contribution in [0.15, 0.2) is 24.3 Å². The molecule has 0 spiro atoms. The normalized spacial score (nSPS) is 15.8. The molecule has 0 bridgehead atoms. The molecule has 98 valence electrons. The van der Waals surface area contributed by atoms with Crippen molar-refractivity contribution in [3.63, 3.8) is 0 Å². The van der Waals surface area contributed by atoms with E-state index in [0.29, 0.717) is 17.5 Å². The summed E-state index contributed by atoms with van der Waals surface area (Å²) >= 11 is 5.86. The van der Waals surface area contributed by atoms with Gasteiger partial charge >= 0.3 is 0 Å². The van der Waals surface area contributed by atoms with Crippen molar-refractivity contribution < 1.29 is 4.79 Å². The van der Waals surface area contributed by atoms with E-state index in [4.69, 9.17) is 11.6 Å². The first-order chi connectivity index (χ1) is 8.74. The summed E-state index contributed by atoms with van der Waals surface area (Å²) in [6, 6.07) is 7.83. The van der Waals surface area contributed by atoms with Crippen molar-refractivity contribution in [3.8, 4) is 0 Å². The number of rotatable bonds is 5. The zero-order chi connectivity index (χ0) is 12.8. The summed E-state index contributed by atoms with van der Waals surface area (Å²) in [6.07, 6.45) is 5.62. The van der Waals surface area contributed by atoms with E-state index in [9.17, 15) is 4.79 Å². The molecule has 18 heavy (non-hydrogen) atoms. The zero-order valence-corrected chi connectivity index (χ0v) is 11.2. The summed E-state index contributed by atoms with van der Waals surface area (Å²) < 4.78 is 0. The van der Waals surface area contributed by atoms with Gasteiger partial charge in [0.2, 0.25) is 5.91 Å². The smallest absolute Gasteiger partial charge is 0.225 e. The maximum atomic E-state index is 11.7. The van der Waals surface area contributed by atoms with Gasteiger partial charge in [0.25, 0.3) is 0 Å². The predicted octanol–water partition coefficient (Wildman–Crippen LogP) is 3.20. The molecule has 3 nitrogen and oxygen atoms in total. The number of carbonyl (C=O) groups is 1. The van der Waals surface area contributed by atoms with Crippen LogP contribution in [0.2, 0.25) is 5.02 Å². The first-order valence-electron chi connectivity index (χ1n) is 6.53. The quantitative estimate of drug-likeness (QED) is 0.859. The number of anilines is 1. The van der Waals surface area contributed by atoms with E-state index in [1.807, 2.05) is 12.1 Å². The lowest BCUT2D eigenvalue weighted by Gasteiger charge is -2.11. The molecule has 0 saturated heterocycles. The molecule has 2 N–H and O–H groups in total. The molecule has 0 aliphatic heterocycles. The van der Waals surface area contributed by atoms with E-state index in [0.717, 1.165) is 12.2 Å². The fourth-order valence-corrected chi connectivity index (χ4v) is 2.50. The van der Waals surface area contributed by atoms with E-state index < -0.39 is 0 Å². The highest BCUT2D eigenvalue weighted by Gasteiger charge is 2.14. The van der Waals surface area contributed by atoms with Gasteiger partial charge < -0.3 is 10.6 Å². The second kappa shape index (κ2) is 6.76. The number of benzene rings is 1. The topological polar surface area (TPSA) is 41.1 Å². The predicted molar refractivity (Wildman–Crippen MR) is 75.0 cm³/mol. The summed E-state index contributed by atoms with van der Waals surface area (Å²) in [6.45, 7) is 0.747. The summed E-state index contributed by atoms with van der Waals surface area (Å²) in [5, 5.41) is 6.90. The second-order valence-electron chi connectivity index (χ2n) is 4.74. The Hall–Kier alpha value is -1.06. The molecule has 1 aromatic rings. The van der Waals surface area contributed by atoms with Crippen molar-refractivity contribution in [2.75, 3.05) is 11.9 Å². The number of halogens is 1. The van der Waals surface area contributed by atoms with Gasteiger partial charge in [0.15, 0.2) is 0 Å². The van der Waals surface area contributed by atoms with Crippen LogP contribution in [0.25, 0.3) is 0 Å². The molecule has 0 atom stereocenters. The van der Waals surface area contributed by atoms with Crippen LogP contribution in [0, 0.1) is 0 Å². The van der Waals surface area contributed by atoms with Gasteiger partial charge in [0.05, 0.1) is 0 Å². The Labute approximate surface area is 113 Å². The fourth-order valence-electron chi connectivity index (χ4n) is 2.31. The van der Waals surface area contributed by atoms with Crippen molar-refractivity contribution in [3.05, 3.63) is 29.3 Å². The minimum Gasteiger partial charge on any atom is -0.326 e. The summed E-state index contributed by atoms with van der Waals surface area (Å²) in [4.78, 5) is 11.7. The largest absolute Gasteiger partial charge is 0.326 e. The van der Waals surface area contributed by atoms with Crippen LogP contribution in [0.4, 0.5) is 5.69 Å². The Bertz CT molecular complexity index is 403. The second-order valence-corrected chi connectivity index (χ2v) is 5.18. The standard InChI is InChI=1S/C14H19ClN2O/c15-11-4-3-7-13(10-11)17-14(18)8-9-16-12-5-1-2-6-12/h3-4,7,10,12,16H,1-2,5-6,8-9H2,(H,17,18). The zero-order valence-electron chi connectivity index (χ0n) is 10.4. The molecule has 4 heteroatoms. The van der Waals surface area contributed by atoms with Crippen LogP contribution in [0.3, 0.4) is 0 Å². The van der Waals surface area contributed by atoms with E-state index in [2.05, 4.69) is 10.6 Å². The van der Waals surface area contributed by atoms with Crippen molar-refractivity contribution in [2.24, 2.45) is 0 Å². The van der Waals surface area contributed by atoms with Crippen LogP contribution < -0.4 is 10.6 Å². The van der Waals surface area contributed by atoms with Gasteiger partial charge in [0.1, 0.15) is 0 Å². The summed E-state index contributed by atoms with van der Waals surface area (Å²) in [5.74, 6) is 0.0303. The Balaban J connectivity index is 1.68. The minimum absolute atomic E-state index is 0.0303. The molecule has 1 fully saturated rings. The molecule has 0 unspecified atom stereocenters. The van der Waals surface area contributed by atoms with Crippen molar-refractivity contribution >= 4 is 23.2 Å². The molecule has 0 heterocycles. The van der Waals surface area contributed by atoms with E-state index in [1.54, 1.807) is 12.1 Å². The van der Waals surface area contributed by atoms with Crippen LogP contribution in [-0.2, 0) is 4.79 Å². The van der Waals surface area contributed by atoms with Crippen LogP contribution >= 0.6 is 11.6 Å². The maximum absolute atomic E-state index is 11.7. The third kappa shape index (κ3) is 4.31. The number of amides is 1. The molecule has 1 aliphatic rings. The monoisotopic (exact) mass is 266 g/mol. The Kier molecular flexibility index (Phi) is 5.02. The van der Waals surface area contributed by atoms with Crippen molar-refractivity contribution in [1.29, 1.82) is 0 Å². The van der Waals surface area contributed by atoms with Crippen molar-refractivity contribution in [1.82, 2.24) is 5.32 Å². The number of nitrogens with one attached hydrogen (secondary N) is 2. The van der Waals surface area contributed by atoms with Crippen LogP contribution in [-0.4, -0.2) is 18.5 Å². The van der Waals surface area contributed by atoms with Gasteiger partial charge in [-0.05, 0) is 31.0 Å². The molecule has 1 aromatic carbocycles. The molecule has 1 amide bonds. The Morgan fingerprint density at radius 1 is 1.33 bits per heavy atom. The molecule has 0 aromatic heterocycles. The average molecular weight is 267 g/mol. The number of hydrogen-bond donors (Lipinski definition) is 2. The molecular weight excluding hydrogens is 248 g/mol. The minimum atomic E-state index is 0.0303. The SMILES string of the molecule is O=C(CCNC1CCCC1)Nc1cccc(Cl)c1. The summed E-state index contributed by atoms with van der Waals surface area (Å²) in [5.41, 5.74) is 0.758.